The van der Waals surface area contributed by atoms with Gasteiger partial charge in [-0.3, -0.25) is 9.79 Å². The molecule has 2 saturated heterocycles. The molecular weight excluding hydrogens is 491 g/mol. The SMILES string of the molecule is CCC(CC)C1CCN(C(=NC)NCc2cccc(NC(=O)C3CCCO3)c2)C1.I. The molecule has 0 spiro atoms. The predicted octanol–water partition coefficient (Wildman–Crippen LogP) is 4.26. The summed E-state index contributed by atoms with van der Waals surface area (Å²) >= 11 is 0. The summed E-state index contributed by atoms with van der Waals surface area (Å²) in [5.41, 5.74) is 1.93. The van der Waals surface area contributed by atoms with E-state index in [2.05, 4.69) is 40.4 Å². The number of carbonyl (C=O) groups is 1. The normalized spacial score (nSPS) is 21.6. The molecule has 6 nitrogen and oxygen atoms in total. The van der Waals surface area contributed by atoms with E-state index in [1.807, 2.05) is 25.2 Å². The smallest absolute Gasteiger partial charge is 0.253 e. The maximum atomic E-state index is 12.3. The lowest BCUT2D eigenvalue weighted by atomic mass is 9.87. The Balaban J connectivity index is 0.00000320. The first-order valence-corrected chi connectivity index (χ1v) is 11.1. The number of carbonyl (C=O) groups excluding carboxylic acids is 1. The van der Waals surface area contributed by atoms with Crippen molar-refractivity contribution in [3.05, 3.63) is 29.8 Å². The third kappa shape index (κ3) is 6.57. The minimum atomic E-state index is -0.311. The van der Waals surface area contributed by atoms with Crippen LogP contribution < -0.4 is 10.6 Å². The molecule has 30 heavy (non-hydrogen) atoms. The van der Waals surface area contributed by atoms with Crippen LogP contribution >= 0.6 is 24.0 Å². The van der Waals surface area contributed by atoms with Crippen molar-refractivity contribution in [3.8, 4) is 0 Å². The number of amides is 1. The fraction of sp³-hybridized carbons (Fsp3) is 0.652. The van der Waals surface area contributed by atoms with E-state index in [1.165, 1.54) is 19.3 Å². The van der Waals surface area contributed by atoms with E-state index >= 15 is 0 Å². The lowest BCUT2D eigenvalue weighted by Crippen LogP contribution is -2.40. The number of nitrogens with zero attached hydrogens (tertiary/aromatic N) is 2. The van der Waals surface area contributed by atoms with Crippen molar-refractivity contribution in [1.29, 1.82) is 0 Å². The molecule has 7 heteroatoms. The molecule has 2 N–H and O–H groups in total. The predicted molar refractivity (Wildman–Crippen MR) is 133 cm³/mol. The Hall–Kier alpha value is -1.35. The van der Waals surface area contributed by atoms with Gasteiger partial charge in [-0.05, 0) is 48.8 Å². The molecule has 2 heterocycles. The van der Waals surface area contributed by atoms with Gasteiger partial charge in [0.2, 0.25) is 0 Å². The molecule has 2 aliphatic heterocycles. The highest BCUT2D eigenvalue weighted by atomic mass is 127. The molecule has 2 fully saturated rings. The molecule has 0 bridgehead atoms. The van der Waals surface area contributed by atoms with Gasteiger partial charge < -0.3 is 20.3 Å². The fourth-order valence-corrected chi connectivity index (χ4v) is 4.60. The fourth-order valence-electron chi connectivity index (χ4n) is 4.60. The van der Waals surface area contributed by atoms with Crippen LogP contribution in [0, 0.1) is 11.8 Å². The average molecular weight is 528 g/mol. The maximum absolute atomic E-state index is 12.3. The van der Waals surface area contributed by atoms with Gasteiger partial charge in [0.15, 0.2) is 5.96 Å². The second kappa shape index (κ2) is 12.5. The van der Waals surface area contributed by atoms with Crippen LogP contribution in [-0.2, 0) is 16.1 Å². The number of hydrogen-bond acceptors (Lipinski definition) is 3. The summed E-state index contributed by atoms with van der Waals surface area (Å²) in [5, 5.41) is 6.48. The van der Waals surface area contributed by atoms with Gasteiger partial charge in [0.25, 0.3) is 5.91 Å². The first-order chi connectivity index (χ1) is 14.1. The van der Waals surface area contributed by atoms with Crippen molar-refractivity contribution < 1.29 is 9.53 Å². The molecular formula is C23H37IN4O2. The van der Waals surface area contributed by atoms with Gasteiger partial charge in [-0.15, -0.1) is 24.0 Å². The first kappa shape index (κ1) is 24.9. The van der Waals surface area contributed by atoms with E-state index in [4.69, 9.17) is 4.74 Å². The van der Waals surface area contributed by atoms with Gasteiger partial charge in [-0.1, -0.05) is 38.8 Å². The van der Waals surface area contributed by atoms with E-state index in [-0.39, 0.29) is 36.0 Å². The van der Waals surface area contributed by atoms with Gasteiger partial charge >= 0.3 is 0 Å². The van der Waals surface area contributed by atoms with E-state index < -0.39 is 0 Å². The van der Waals surface area contributed by atoms with E-state index in [0.717, 1.165) is 55.0 Å². The second-order valence-electron chi connectivity index (χ2n) is 8.16. The summed E-state index contributed by atoms with van der Waals surface area (Å²) in [6, 6.07) is 7.98. The number of benzene rings is 1. The summed E-state index contributed by atoms with van der Waals surface area (Å²) in [6.45, 7) is 8.11. The Bertz CT molecular complexity index is 702. The highest BCUT2D eigenvalue weighted by Gasteiger charge is 2.29. The number of hydrogen-bond donors (Lipinski definition) is 2. The van der Waals surface area contributed by atoms with Crippen molar-refractivity contribution >= 4 is 41.5 Å². The monoisotopic (exact) mass is 528 g/mol. The van der Waals surface area contributed by atoms with Crippen LogP contribution in [0.4, 0.5) is 5.69 Å². The van der Waals surface area contributed by atoms with E-state index in [0.29, 0.717) is 13.2 Å². The molecule has 0 radical (unpaired) electrons. The number of likely N-dealkylation sites (tertiary alicyclic amines) is 1. The van der Waals surface area contributed by atoms with Crippen LogP contribution in [0.1, 0.15) is 51.5 Å². The zero-order valence-electron chi connectivity index (χ0n) is 18.5. The number of ether oxygens (including phenoxy) is 1. The molecule has 1 aromatic rings. The molecule has 2 atom stereocenters. The summed E-state index contributed by atoms with van der Waals surface area (Å²) in [7, 11) is 1.85. The number of guanidine groups is 1. The number of rotatable bonds is 7. The first-order valence-electron chi connectivity index (χ1n) is 11.1. The molecule has 2 aliphatic rings. The molecule has 168 valence electrons. The summed E-state index contributed by atoms with van der Waals surface area (Å²) in [6.07, 6.45) is 5.20. The molecule has 1 amide bonds. The third-order valence-electron chi connectivity index (χ3n) is 6.32. The molecule has 0 saturated carbocycles. The molecule has 1 aromatic carbocycles. The lowest BCUT2D eigenvalue weighted by molar-refractivity contribution is -0.124. The molecule has 2 unspecified atom stereocenters. The van der Waals surface area contributed by atoms with Crippen molar-refractivity contribution in [2.24, 2.45) is 16.8 Å². The molecule has 0 aromatic heterocycles. The number of anilines is 1. The Labute approximate surface area is 198 Å². The lowest BCUT2D eigenvalue weighted by Gasteiger charge is -2.24. The molecule has 3 rings (SSSR count). The van der Waals surface area contributed by atoms with Gasteiger partial charge in [-0.25, -0.2) is 0 Å². The standard InChI is InChI=1S/C23H36N4O2.HI/c1-4-18(5-2)19-11-12-27(16-19)23(24-3)25-15-17-8-6-9-20(14-17)26-22(28)21-10-7-13-29-21;/h6,8-9,14,18-19,21H,4-5,7,10-13,15-16H2,1-3H3,(H,24,25)(H,26,28);1H. The van der Waals surface area contributed by atoms with Gasteiger partial charge in [0.1, 0.15) is 6.10 Å². The zero-order chi connectivity index (χ0) is 20.6. The van der Waals surface area contributed by atoms with Gasteiger partial charge in [-0.2, -0.15) is 0 Å². The third-order valence-corrected chi connectivity index (χ3v) is 6.32. The highest BCUT2D eigenvalue weighted by Crippen LogP contribution is 2.28. The van der Waals surface area contributed by atoms with Gasteiger partial charge in [0.05, 0.1) is 0 Å². The van der Waals surface area contributed by atoms with Crippen molar-refractivity contribution in [2.45, 2.75) is 58.6 Å². The quantitative estimate of drug-likeness (QED) is 0.316. The van der Waals surface area contributed by atoms with Crippen LogP contribution in [0.2, 0.25) is 0 Å². The van der Waals surface area contributed by atoms with Crippen LogP contribution in [0.25, 0.3) is 0 Å². The molecule has 0 aliphatic carbocycles. The zero-order valence-corrected chi connectivity index (χ0v) is 20.9. The summed E-state index contributed by atoms with van der Waals surface area (Å²) in [5.74, 6) is 2.49. The van der Waals surface area contributed by atoms with Crippen LogP contribution in [0.15, 0.2) is 29.3 Å². The van der Waals surface area contributed by atoms with Crippen molar-refractivity contribution in [3.63, 3.8) is 0 Å². The Morgan fingerprint density at radius 1 is 1.30 bits per heavy atom. The second-order valence-corrected chi connectivity index (χ2v) is 8.16. The van der Waals surface area contributed by atoms with E-state index in [9.17, 15) is 4.79 Å². The highest BCUT2D eigenvalue weighted by molar-refractivity contribution is 14.0. The topological polar surface area (TPSA) is 66.0 Å². The largest absolute Gasteiger partial charge is 0.368 e. The van der Waals surface area contributed by atoms with Crippen LogP contribution in [0.3, 0.4) is 0 Å². The number of halogens is 1. The summed E-state index contributed by atoms with van der Waals surface area (Å²) in [4.78, 5) is 19.2. The number of nitrogens with one attached hydrogen (secondary N) is 2. The minimum Gasteiger partial charge on any atom is -0.368 e. The van der Waals surface area contributed by atoms with E-state index in [1.54, 1.807) is 0 Å². The maximum Gasteiger partial charge on any atom is 0.253 e. The Kier molecular flexibility index (Phi) is 10.4. The summed E-state index contributed by atoms with van der Waals surface area (Å²) < 4.78 is 5.46. The van der Waals surface area contributed by atoms with Gasteiger partial charge in [0, 0.05) is 39.0 Å². The van der Waals surface area contributed by atoms with Crippen molar-refractivity contribution in [1.82, 2.24) is 10.2 Å². The van der Waals surface area contributed by atoms with Crippen molar-refractivity contribution in [2.75, 3.05) is 32.1 Å². The Morgan fingerprint density at radius 3 is 2.77 bits per heavy atom. The average Bonchev–Trinajstić information content (AvgIpc) is 3.43. The van der Waals surface area contributed by atoms with Crippen LogP contribution in [-0.4, -0.2) is 49.6 Å². The minimum absolute atomic E-state index is 0. The van der Waals surface area contributed by atoms with Crippen LogP contribution in [0.5, 0.6) is 0 Å². The Morgan fingerprint density at radius 2 is 2.10 bits per heavy atom. The number of aliphatic imine (C=N–C) groups is 1.